The summed E-state index contributed by atoms with van der Waals surface area (Å²) in [5.41, 5.74) is 0.851. The third-order valence-corrected chi connectivity index (χ3v) is 4.70. The zero-order valence-corrected chi connectivity index (χ0v) is 15.0. The third-order valence-electron chi connectivity index (χ3n) is 4.70. The minimum absolute atomic E-state index is 0.0264. The number of imidazole rings is 1. The number of carbonyl (C=O) groups is 3. The highest BCUT2D eigenvalue weighted by Gasteiger charge is 2.27. The SMILES string of the molecule is CCC(C)NC(=O)c1nc(C(=O)N2CCN(C=O)CC2)n2ccccc12. The quantitative estimate of drug-likeness (QED) is 0.801. The lowest BCUT2D eigenvalue weighted by Gasteiger charge is -2.32. The highest BCUT2D eigenvalue weighted by atomic mass is 16.2. The third kappa shape index (κ3) is 3.40. The molecule has 0 radical (unpaired) electrons. The van der Waals surface area contributed by atoms with Gasteiger partial charge >= 0.3 is 0 Å². The number of nitrogens with one attached hydrogen (secondary N) is 1. The predicted octanol–water partition coefficient (Wildman–Crippen LogP) is 0.777. The second kappa shape index (κ2) is 7.55. The topological polar surface area (TPSA) is 87.0 Å². The zero-order valence-electron chi connectivity index (χ0n) is 15.0. The van der Waals surface area contributed by atoms with Crippen molar-refractivity contribution in [1.82, 2.24) is 24.5 Å². The van der Waals surface area contributed by atoms with Crippen molar-refractivity contribution < 1.29 is 14.4 Å². The normalized spacial score (nSPS) is 15.8. The van der Waals surface area contributed by atoms with Crippen molar-refractivity contribution in [3.63, 3.8) is 0 Å². The number of amides is 3. The minimum atomic E-state index is -0.284. The molecule has 0 aromatic carbocycles. The van der Waals surface area contributed by atoms with Crippen LogP contribution in [0.25, 0.3) is 5.52 Å². The van der Waals surface area contributed by atoms with E-state index < -0.39 is 0 Å². The molecular weight excluding hydrogens is 334 g/mol. The van der Waals surface area contributed by atoms with E-state index in [0.29, 0.717) is 31.7 Å². The van der Waals surface area contributed by atoms with Crippen LogP contribution in [0.1, 0.15) is 41.4 Å². The van der Waals surface area contributed by atoms with Gasteiger partial charge in [-0.3, -0.25) is 18.8 Å². The van der Waals surface area contributed by atoms with Crippen molar-refractivity contribution in [2.75, 3.05) is 26.2 Å². The van der Waals surface area contributed by atoms with E-state index in [0.717, 1.165) is 12.8 Å². The van der Waals surface area contributed by atoms with Crippen molar-refractivity contribution >= 4 is 23.7 Å². The van der Waals surface area contributed by atoms with Gasteiger partial charge in [-0.1, -0.05) is 13.0 Å². The smallest absolute Gasteiger partial charge is 0.290 e. The van der Waals surface area contributed by atoms with Crippen molar-refractivity contribution in [3.05, 3.63) is 35.9 Å². The van der Waals surface area contributed by atoms with Crippen LogP contribution in [0, 0.1) is 0 Å². The fraction of sp³-hybridized carbons (Fsp3) is 0.444. The fourth-order valence-electron chi connectivity index (χ4n) is 2.92. The largest absolute Gasteiger partial charge is 0.348 e. The first-order valence-corrected chi connectivity index (χ1v) is 8.81. The Bertz CT molecular complexity index is 823. The molecule has 138 valence electrons. The van der Waals surface area contributed by atoms with Crippen molar-refractivity contribution in [3.8, 4) is 0 Å². The van der Waals surface area contributed by atoms with Gasteiger partial charge in [-0.2, -0.15) is 0 Å². The number of hydrogen-bond donors (Lipinski definition) is 1. The van der Waals surface area contributed by atoms with E-state index in [1.165, 1.54) is 0 Å². The lowest BCUT2D eigenvalue weighted by molar-refractivity contribution is -0.119. The van der Waals surface area contributed by atoms with E-state index in [-0.39, 0.29) is 29.4 Å². The first kappa shape index (κ1) is 17.9. The molecule has 1 aliphatic rings. The molecule has 26 heavy (non-hydrogen) atoms. The zero-order chi connectivity index (χ0) is 18.7. The number of nitrogens with zero attached hydrogens (tertiary/aromatic N) is 4. The molecule has 0 aliphatic carbocycles. The second-order valence-electron chi connectivity index (χ2n) is 6.46. The van der Waals surface area contributed by atoms with Crippen LogP contribution in [-0.2, 0) is 4.79 Å². The van der Waals surface area contributed by atoms with Crippen molar-refractivity contribution in [1.29, 1.82) is 0 Å². The summed E-state index contributed by atoms with van der Waals surface area (Å²) in [6, 6.07) is 5.42. The van der Waals surface area contributed by atoms with Gasteiger partial charge in [-0.15, -0.1) is 0 Å². The molecule has 3 amide bonds. The Morgan fingerprint density at radius 3 is 2.65 bits per heavy atom. The monoisotopic (exact) mass is 357 g/mol. The molecule has 0 bridgehead atoms. The summed E-state index contributed by atoms with van der Waals surface area (Å²) in [6.45, 7) is 5.82. The molecule has 2 aromatic heterocycles. The Balaban J connectivity index is 1.90. The first-order valence-electron chi connectivity index (χ1n) is 8.81. The van der Waals surface area contributed by atoms with Gasteiger partial charge < -0.3 is 15.1 Å². The number of aromatic nitrogens is 2. The molecule has 3 heterocycles. The molecule has 0 spiro atoms. The lowest BCUT2D eigenvalue weighted by Crippen LogP contribution is -2.48. The number of rotatable bonds is 5. The highest BCUT2D eigenvalue weighted by molar-refractivity contribution is 6.02. The van der Waals surface area contributed by atoms with Gasteiger partial charge in [0.05, 0.1) is 5.52 Å². The van der Waals surface area contributed by atoms with E-state index in [4.69, 9.17) is 0 Å². The molecule has 1 aliphatic heterocycles. The molecule has 1 saturated heterocycles. The van der Waals surface area contributed by atoms with Crippen LogP contribution in [0.5, 0.6) is 0 Å². The molecule has 1 atom stereocenters. The van der Waals surface area contributed by atoms with Gasteiger partial charge in [0.2, 0.25) is 12.2 Å². The van der Waals surface area contributed by atoms with Crippen molar-refractivity contribution in [2.24, 2.45) is 0 Å². The molecule has 3 rings (SSSR count). The van der Waals surface area contributed by atoms with Crippen molar-refractivity contribution in [2.45, 2.75) is 26.3 Å². The van der Waals surface area contributed by atoms with E-state index in [2.05, 4.69) is 10.3 Å². The van der Waals surface area contributed by atoms with E-state index >= 15 is 0 Å². The molecule has 1 unspecified atom stereocenters. The van der Waals surface area contributed by atoms with Crippen LogP contribution in [0.4, 0.5) is 0 Å². The maximum Gasteiger partial charge on any atom is 0.290 e. The van der Waals surface area contributed by atoms with Crippen LogP contribution in [0.2, 0.25) is 0 Å². The van der Waals surface area contributed by atoms with Gasteiger partial charge in [-0.25, -0.2) is 4.98 Å². The summed E-state index contributed by atoms with van der Waals surface area (Å²) in [4.78, 5) is 44.0. The highest BCUT2D eigenvalue weighted by Crippen LogP contribution is 2.16. The van der Waals surface area contributed by atoms with Gasteiger partial charge in [0.25, 0.3) is 11.8 Å². The maximum atomic E-state index is 12.9. The first-order chi connectivity index (χ1) is 12.5. The molecular formula is C18H23N5O3. The van der Waals surface area contributed by atoms with Gasteiger partial charge in [0, 0.05) is 38.4 Å². The van der Waals surface area contributed by atoms with Gasteiger partial charge in [0.15, 0.2) is 5.69 Å². The number of fused-ring (bicyclic) bond motifs is 1. The van der Waals surface area contributed by atoms with Crippen LogP contribution in [0.15, 0.2) is 24.4 Å². The van der Waals surface area contributed by atoms with Crippen LogP contribution < -0.4 is 5.32 Å². The molecule has 1 N–H and O–H groups in total. The summed E-state index contributed by atoms with van der Waals surface area (Å²) in [6.07, 6.45) is 3.34. The lowest BCUT2D eigenvalue weighted by atomic mass is 10.2. The van der Waals surface area contributed by atoms with Crippen LogP contribution in [-0.4, -0.2) is 69.6 Å². The number of pyridine rings is 1. The summed E-state index contributed by atoms with van der Waals surface area (Å²) in [5, 5.41) is 2.90. The Morgan fingerprint density at radius 2 is 2.00 bits per heavy atom. The summed E-state index contributed by atoms with van der Waals surface area (Å²) in [5.74, 6) is -0.304. The maximum absolute atomic E-state index is 12.9. The van der Waals surface area contributed by atoms with E-state index in [9.17, 15) is 14.4 Å². The van der Waals surface area contributed by atoms with Crippen LogP contribution in [0.3, 0.4) is 0 Å². The molecule has 1 fully saturated rings. The number of hydrogen-bond acceptors (Lipinski definition) is 4. The standard InChI is InChI=1S/C18H23N5O3/c1-3-13(2)19-17(25)15-14-6-4-5-7-23(14)16(20-15)18(26)22-10-8-21(12-24)9-11-22/h4-7,12-13H,3,8-11H2,1-2H3,(H,19,25). The Labute approximate surface area is 151 Å². The molecule has 8 nitrogen and oxygen atoms in total. The predicted molar refractivity (Wildman–Crippen MR) is 96.0 cm³/mol. The van der Waals surface area contributed by atoms with Gasteiger partial charge in [0.1, 0.15) is 0 Å². The molecule has 2 aromatic rings. The summed E-state index contributed by atoms with van der Waals surface area (Å²) < 4.78 is 1.65. The van der Waals surface area contributed by atoms with Crippen LogP contribution >= 0.6 is 0 Å². The average Bonchev–Trinajstić information content (AvgIpc) is 3.07. The minimum Gasteiger partial charge on any atom is -0.348 e. The Hall–Kier alpha value is -2.90. The van der Waals surface area contributed by atoms with E-state index in [1.807, 2.05) is 19.9 Å². The second-order valence-corrected chi connectivity index (χ2v) is 6.46. The number of carbonyl (C=O) groups excluding carboxylic acids is 3. The van der Waals surface area contributed by atoms with E-state index in [1.54, 1.807) is 32.5 Å². The molecule has 0 saturated carbocycles. The van der Waals surface area contributed by atoms with Gasteiger partial charge in [-0.05, 0) is 25.5 Å². The Morgan fingerprint density at radius 1 is 1.27 bits per heavy atom. The number of piperazine rings is 1. The summed E-state index contributed by atoms with van der Waals surface area (Å²) >= 11 is 0. The average molecular weight is 357 g/mol. The Kier molecular flexibility index (Phi) is 5.20. The summed E-state index contributed by atoms with van der Waals surface area (Å²) in [7, 11) is 0. The fourth-order valence-corrected chi connectivity index (χ4v) is 2.92. The molecule has 8 heteroatoms.